The highest BCUT2D eigenvalue weighted by Crippen LogP contribution is 2.24. The van der Waals surface area contributed by atoms with Gasteiger partial charge in [-0.2, -0.15) is 13.2 Å². The number of nitrogens with zero attached hydrogens (tertiary/aromatic N) is 1. The van der Waals surface area contributed by atoms with E-state index >= 15 is 0 Å². The van der Waals surface area contributed by atoms with E-state index in [1.165, 1.54) is 4.90 Å². The zero-order valence-electron chi connectivity index (χ0n) is 12.5. The number of halogens is 6. The molecule has 1 saturated heterocycles. The standard InChI is InChI=1S/C14H16F5N3O.ClH/c15-10-5-9(6-11(16)7-10)13(23)21-8-12(14(17,18)19)22-3-1-20-2-4-22;/h5-7,12,20H,1-4,8H2,(H,21,23);1H. The van der Waals surface area contributed by atoms with Gasteiger partial charge in [0.15, 0.2) is 0 Å². The van der Waals surface area contributed by atoms with Gasteiger partial charge in [-0.15, -0.1) is 12.4 Å². The van der Waals surface area contributed by atoms with Crippen molar-refractivity contribution in [1.29, 1.82) is 0 Å². The molecule has 1 aliphatic heterocycles. The van der Waals surface area contributed by atoms with Crippen LogP contribution in [0.4, 0.5) is 22.0 Å². The number of benzene rings is 1. The molecule has 0 aliphatic carbocycles. The summed E-state index contributed by atoms with van der Waals surface area (Å²) in [6, 6.07) is 0.278. The molecule has 0 bridgehead atoms. The Morgan fingerprint density at radius 1 is 1.17 bits per heavy atom. The summed E-state index contributed by atoms with van der Waals surface area (Å²) in [6.45, 7) is 0.578. The molecule has 0 saturated carbocycles. The lowest BCUT2D eigenvalue weighted by Gasteiger charge is -2.35. The molecule has 1 aromatic carbocycles. The van der Waals surface area contributed by atoms with Crippen LogP contribution in [0.2, 0.25) is 0 Å². The lowest BCUT2D eigenvalue weighted by atomic mass is 10.1. The molecular weight excluding hydrogens is 357 g/mol. The van der Waals surface area contributed by atoms with Crippen molar-refractivity contribution in [3.05, 3.63) is 35.4 Å². The van der Waals surface area contributed by atoms with Crippen LogP contribution in [0.3, 0.4) is 0 Å². The second-order valence-electron chi connectivity index (χ2n) is 5.21. The lowest BCUT2D eigenvalue weighted by molar-refractivity contribution is -0.183. The normalized spacial score (nSPS) is 17.0. The Balaban J connectivity index is 0.00000288. The van der Waals surface area contributed by atoms with Crippen molar-refractivity contribution in [2.75, 3.05) is 32.7 Å². The Hall–Kier alpha value is -1.45. The minimum Gasteiger partial charge on any atom is -0.350 e. The minimum absolute atomic E-state index is 0. The van der Waals surface area contributed by atoms with Gasteiger partial charge in [-0.1, -0.05) is 0 Å². The van der Waals surface area contributed by atoms with Crippen LogP contribution in [0.1, 0.15) is 10.4 Å². The summed E-state index contributed by atoms with van der Waals surface area (Å²) in [5.74, 6) is -2.89. The van der Waals surface area contributed by atoms with Crippen LogP contribution >= 0.6 is 12.4 Å². The summed E-state index contributed by atoms with van der Waals surface area (Å²) in [5, 5.41) is 5.05. The molecular formula is C14H17ClF5N3O. The van der Waals surface area contributed by atoms with Gasteiger partial charge in [-0.05, 0) is 12.1 Å². The van der Waals surface area contributed by atoms with Crippen molar-refractivity contribution in [2.24, 2.45) is 0 Å². The maximum absolute atomic E-state index is 13.2. The van der Waals surface area contributed by atoms with E-state index in [2.05, 4.69) is 10.6 Å². The Morgan fingerprint density at radius 3 is 2.21 bits per heavy atom. The van der Waals surface area contributed by atoms with E-state index in [0.717, 1.165) is 12.1 Å². The summed E-state index contributed by atoms with van der Waals surface area (Å²) in [4.78, 5) is 13.0. The molecule has 1 heterocycles. The molecule has 10 heteroatoms. The third-order valence-electron chi connectivity index (χ3n) is 3.55. The fraction of sp³-hybridized carbons (Fsp3) is 0.500. The Kier molecular flexibility index (Phi) is 7.37. The number of hydrogen-bond donors (Lipinski definition) is 2. The molecule has 0 spiro atoms. The third kappa shape index (κ3) is 5.57. The molecule has 0 radical (unpaired) electrons. The topological polar surface area (TPSA) is 44.4 Å². The van der Waals surface area contributed by atoms with Crippen molar-refractivity contribution >= 4 is 18.3 Å². The predicted molar refractivity (Wildman–Crippen MR) is 80.2 cm³/mol. The van der Waals surface area contributed by atoms with Crippen LogP contribution in [-0.4, -0.2) is 55.7 Å². The highest BCUT2D eigenvalue weighted by molar-refractivity contribution is 5.94. The summed E-state index contributed by atoms with van der Waals surface area (Å²) in [7, 11) is 0. The van der Waals surface area contributed by atoms with Gasteiger partial charge in [0.2, 0.25) is 0 Å². The van der Waals surface area contributed by atoms with Crippen molar-refractivity contribution in [3.63, 3.8) is 0 Å². The van der Waals surface area contributed by atoms with Gasteiger partial charge < -0.3 is 10.6 Å². The Bertz CT molecular complexity index is 544. The Labute approximate surface area is 141 Å². The molecule has 1 aliphatic rings. The molecule has 136 valence electrons. The van der Waals surface area contributed by atoms with Gasteiger partial charge in [0.1, 0.15) is 17.7 Å². The van der Waals surface area contributed by atoms with E-state index in [4.69, 9.17) is 0 Å². The van der Waals surface area contributed by atoms with Crippen molar-refractivity contribution < 1.29 is 26.7 Å². The molecule has 1 atom stereocenters. The first kappa shape index (κ1) is 20.6. The molecule has 4 nitrogen and oxygen atoms in total. The molecule has 1 aromatic rings. The van der Waals surface area contributed by atoms with Gasteiger partial charge in [-0.3, -0.25) is 9.69 Å². The number of hydrogen-bond acceptors (Lipinski definition) is 3. The minimum atomic E-state index is -4.52. The quantitative estimate of drug-likeness (QED) is 0.793. The van der Waals surface area contributed by atoms with E-state index in [-0.39, 0.29) is 31.1 Å². The van der Waals surface area contributed by atoms with Gasteiger partial charge >= 0.3 is 6.18 Å². The van der Waals surface area contributed by atoms with Gasteiger partial charge in [0.25, 0.3) is 5.91 Å². The zero-order valence-corrected chi connectivity index (χ0v) is 13.3. The summed E-state index contributed by atoms with van der Waals surface area (Å²) in [6.07, 6.45) is -4.52. The molecule has 2 N–H and O–H groups in total. The number of amides is 1. The van der Waals surface area contributed by atoms with Crippen LogP contribution in [0, 0.1) is 11.6 Å². The summed E-state index contributed by atoms with van der Waals surface area (Å²) < 4.78 is 65.6. The summed E-state index contributed by atoms with van der Waals surface area (Å²) in [5.41, 5.74) is -0.358. The average molecular weight is 374 g/mol. The number of piperazine rings is 1. The second kappa shape index (κ2) is 8.59. The molecule has 2 rings (SSSR count). The number of rotatable bonds is 4. The maximum Gasteiger partial charge on any atom is 0.405 e. The van der Waals surface area contributed by atoms with E-state index in [1.807, 2.05) is 0 Å². The predicted octanol–water partition coefficient (Wildman–Crippen LogP) is 1.95. The van der Waals surface area contributed by atoms with E-state index < -0.39 is 36.3 Å². The summed E-state index contributed by atoms with van der Waals surface area (Å²) >= 11 is 0. The lowest BCUT2D eigenvalue weighted by Crippen LogP contribution is -2.57. The van der Waals surface area contributed by atoms with Crippen LogP contribution in [0.5, 0.6) is 0 Å². The van der Waals surface area contributed by atoms with Crippen LogP contribution in [-0.2, 0) is 0 Å². The smallest absolute Gasteiger partial charge is 0.350 e. The van der Waals surface area contributed by atoms with Gasteiger partial charge in [0, 0.05) is 44.4 Å². The fourth-order valence-electron chi connectivity index (χ4n) is 2.42. The third-order valence-corrected chi connectivity index (χ3v) is 3.55. The first-order valence-corrected chi connectivity index (χ1v) is 7.03. The maximum atomic E-state index is 13.2. The highest BCUT2D eigenvalue weighted by Gasteiger charge is 2.43. The van der Waals surface area contributed by atoms with Crippen LogP contribution in [0.25, 0.3) is 0 Å². The van der Waals surface area contributed by atoms with E-state index in [1.54, 1.807) is 0 Å². The SMILES string of the molecule is Cl.O=C(NCC(N1CCNCC1)C(F)(F)F)c1cc(F)cc(F)c1. The number of carbonyl (C=O) groups is 1. The van der Waals surface area contributed by atoms with Gasteiger partial charge in [-0.25, -0.2) is 8.78 Å². The first-order chi connectivity index (χ1) is 10.8. The van der Waals surface area contributed by atoms with Crippen molar-refractivity contribution in [3.8, 4) is 0 Å². The fourth-order valence-corrected chi connectivity index (χ4v) is 2.42. The van der Waals surface area contributed by atoms with Crippen LogP contribution < -0.4 is 10.6 Å². The number of carbonyl (C=O) groups excluding carboxylic acids is 1. The molecule has 1 fully saturated rings. The first-order valence-electron chi connectivity index (χ1n) is 7.03. The van der Waals surface area contributed by atoms with Crippen molar-refractivity contribution in [1.82, 2.24) is 15.5 Å². The molecule has 1 unspecified atom stereocenters. The van der Waals surface area contributed by atoms with Crippen molar-refractivity contribution in [2.45, 2.75) is 12.2 Å². The van der Waals surface area contributed by atoms with E-state index in [9.17, 15) is 26.7 Å². The highest BCUT2D eigenvalue weighted by atomic mass is 35.5. The average Bonchev–Trinajstić information content (AvgIpc) is 2.46. The molecule has 1 amide bonds. The van der Waals surface area contributed by atoms with Crippen LogP contribution in [0.15, 0.2) is 18.2 Å². The largest absolute Gasteiger partial charge is 0.405 e. The number of nitrogens with one attached hydrogen (secondary N) is 2. The van der Waals surface area contributed by atoms with Gasteiger partial charge in [0.05, 0.1) is 0 Å². The number of alkyl halides is 3. The molecule has 0 aromatic heterocycles. The second-order valence-corrected chi connectivity index (χ2v) is 5.21. The Morgan fingerprint density at radius 2 is 1.71 bits per heavy atom. The van der Waals surface area contributed by atoms with E-state index in [0.29, 0.717) is 19.2 Å². The zero-order chi connectivity index (χ0) is 17.0. The monoisotopic (exact) mass is 373 g/mol. The molecule has 24 heavy (non-hydrogen) atoms.